The highest BCUT2D eigenvalue weighted by molar-refractivity contribution is 8.02. The van der Waals surface area contributed by atoms with Gasteiger partial charge in [-0.3, -0.25) is 0 Å². The molecule has 0 fully saturated rings. The molecule has 4 heteroatoms. The summed E-state index contributed by atoms with van der Waals surface area (Å²) in [4.78, 5) is 5.94. The number of methoxy groups -OCH3 is 2. The van der Waals surface area contributed by atoms with Gasteiger partial charge in [-0.05, 0) is 72.1 Å². The fourth-order valence-corrected chi connectivity index (χ4v) is 3.08. The van der Waals surface area contributed by atoms with Crippen molar-refractivity contribution in [2.75, 3.05) is 14.2 Å². The van der Waals surface area contributed by atoms with Crippen LogP contribution in [0.5, 0.6) is 11.5 Å². The summed E-state index contributed by atoms with van der Waals surface area (Å²) in [6.07, 6.45) is 2.03. The number of aliphatic imine (C=N–C) groups is 1. The molecule has 0 aliphatic heterocycles. The van der Waals surface area contributed by atoms with Crippen molar-refractivity contribution in [3.63, 3.8) is 0 Å². The Morgan fingerprint density at radius 3 is 1.96 bits per heavy atom. The Morgan fingerprint density at radius 1 is 0.778 bits per heavy atom. The molecule has 3 rings (SSSR count). The topological polar surface area (TPSA) is 30.8 Å². The van der Waals surface area contributed by atoms with Crippen molar-refractivity contribution in [1.82, 2.24) is 0 Å². The smallest absolute Gasteiger partial charge is 0.118 e. The van der Waals surface area contributed by atoms with Gasteiger partial charge in [-0.2, -0.15) is 0 Å². The zero-order valence-corrected chi connectivity index (χ0v) is 16.1. The molecule has 0 bridgehead atoms. The van der Waals surface area contributed by atoms with Crippen molar-refractivity contribution in [1.29, 1.82) is 0 Å². The molecule has 0 aromatic heterocycles. The summed E-state index contributed by atoms with van der Waals surface area (Å²) in [5, 5.41) is 2.05. The lowest BCUT2D eigenvalue weighted by molar-refractivity contribution is 0.414. The number of nitrogens with zero attached hydrogens (tertiary/aromatic N) is 1. The number of para-hydroxylation sites is 1. The van der Waals surface area contributed by atoms with Crippen LogP contribution in [0.15, 0.2) is 100 Å². The first kappa shape index (κ1) is 18.8. The van der Waals surface area contributed by atoms with Crippen LogP contribution < -0.4 is 9.47 Å². The van der Waals surface area contributed by atoms with E-state index in [1.54, 1.807) is 26.0 Å². The van der Waals surface area contributed by atoms with Gasteiger partial charge in [0.25, 0.3) is 0 Å². The zero-order valence-electron chi connectivity index (χ0n) is 15.3. The second-order valence-electron chi connectivity index (χ2n) is 5.66. The van der Waals surface area contributed by atoms with Crippen molar-refractivity contribution in [3.05, 3.63) is 95.9 Å². The van der Waals surface area contributed by atoms with Crippen LogP contribution in [-0.4, -0.2) is 19.9 Å². The summed E-state index contributed by atoms with van der Waals surface area (Å²) in [7, 11) is 3.34. The molecule has 3 nitrogen and oxygen atoms in total. The Labute approximate surface area is 164 Å². The van der Waals surface area contributed by atoms with Gasteiger partial charge < -0.3 is 9.47 Å². The molecule has 0 atom stereocenters. The molecule has 136 valence electrons. The van der Waals surface area contributed by atoms with Crippen molar-refractivity contribution >= 4 is 23.2 Å². The normalized spacial score (nSPS) is 11.6. The Kier molecular flexibility index (Phi) is 6.72. The highest BCUT2D eigenvalue weighted by atomic mass is 32.2. The lowest BCUT2D eigenvalue weighted by atomic mass is 10.1. The number of benzene rings is 3. The highest BCUT2D eigenvalue weighted by Crippen LogP contribution is 2.23. The summed E-state index contributed by atoms with van der Waals surface area (Å²) < 4.78 is 10.5. The number of hydrogen-bond acceptors (Lipinski definition) is 4. The van der Waals surface area contributed by atoms with E-state index in [2.05, 4.69) is 0 Å². The third-order valence-electron chi connectivity index (χ3n) is 3.88. The monoisotopic (exact) mass is 375 g/mol. The minimum Gasteiger partial charge on any atom is -0.497 e. The van der Waals surface area contributed by atoms with E-state index in [-0.39, 0.29) is 0 Å². The molecule has 0 N–H and O–H groups in total. The number of thioether (sulfide) groups is 1. The molecule has 0 amide bonds. The molecule has 0 aliphatic rings. The third kappa shape index (κ3) is 5.50. The van der Waals surface area contributed by atoms with Gasteiger partial charge in [-0.15, -0.1) is 0 Å². The van der Waals surface area contributed by atoms with E-state index in [1.165, 1.54) is 0 Å². The number of allylic oxidation sites excluding steroid dienone is 1. The maximum atomic E-state index is 5.25. The summed E-state index contributed by atoms with van der Waals surface area (Å²) in [5.74, 6) is 1.68. The van der Waals surface area contributed by atoms with E-state index in [1.807, 2.05) is 90.3 Å². The fraction of sp³-hybridized carbons (Fsp3) is 0.0870. The Hall–Kier alpha value is -2.98. The molecule has 0 radical (unpaired) electrons. The van der Waals surface area contributed by atoms with Crippen molar-refractivity contribution in [2.24, 2.45) is 4.99 Å². The lowest BCUT2D eigenvalue weighted by Gasteiger charge is -2.05. The minimum atomic E-state index is 0.828. The predicted molar refractivity (Wildman–Crippen MR) is 114 cm³/mol. The molecule has 0 spiro atoms. The first-order valence-corrected chi connectivity index (χ1v) is 9.42. The molecule has 3 aromatic carbocycles. The van der Waals surface area contributed by atoms with E-state index in [4.69, 9.17) is 14.5 Å². The maximum absolute atomic E-state index is 5.25. The quantitative estimate of drug-likeness (QED) is 0.368. The van der Waals surface area contributed by atoms with Crippen LogP contribution in [0.25, 0.3) is 0 Å². The van der Waals surface area contributed by atoms with Crippen molar-refractivity contribution < 1.29 is 9.47 Å². The van der Waals surface area contributed by atoms with E-state index < -0.39 is 0 Å². The summed E-state index contributed by atoms with van der Waals surface area (Å²) in [5.41, 5.74) is 2.85. The third-order valence-corrected chi connectivity index (χ3v) is 4.70. The van der Waals surface area contributed by atoms with Crippen LogP contribution in [0.2, 0.25) is 0 Å². The van der Waals surface area contributed by atoms with Gasteiger partial charge in [0.1, 0.15) is 11.5 Å². The van der Waals surface area contributed by atoms with Crippen LogP contribution in [0.4, 0.5) is 5.69 Å². The average Bonchev–Trinajstić information content (AvgIpc) is 2.74. The molecule has 0 saturated carbocycles. The molecule has 0 saturated heterocycles. The van der Waals surface area contributed by atoms with Gasteiger partial charge in [-0.25, -0.2) is 4.99 Å². The van der Waals surface area contributed by atoms with E-state index >= 15 is 0 Å². The van der Waals surface area contributed by atoms with Gasteiger partial charge in [0, 0.05) is 10.5 Å². The largest absolute Gasteiger partial charge is 0.497 e. The fourth-order valence-electron chi connectivity index (χ4n) is 2.43. The average molecular weight is 375 g/mol. The van der Waals surface area contributed by atoms with Crippen molar-refractivity contribution in [2.45, 2.75) is 4.90 Å². The number of rotatable bonds is 7. The van der Waals surface area contributed by atoms with Gasteiger partial charge in [-0.1, -0.05) is 30.0 Å². The number of ether oxygens (including phenoxy) is 2. The molecule has 0 aliphatic carbocycles. The summed E-state index contributed by atoms with van der Waals surface area (Å²) >= 11 is 1.64. The summed E-state index contributed by atoms with van der Waals surface area (Å²) in [6.45, 7) is 0. The van der Waals surface area contributed by atoms with Gasteiger partial charge in [0.15, 0.2) is 0 Å². The Balaban J connectivity index is 1.83. The molecular formula is C23H21NO2S. The lowest BCUT2D eigenvalue weighted by Crippen LogP contribution is -1.96. The zero-order chi connectivity index (χ0) is 18.9. The minimum absolute atomic E-state index is 0.828. The molecular weight excluding hydrogens is 354 g/mol. The Morgan fingerprint density at radius 2 is 1.37 bits per heavy atom. The molecule has 27 heavy (non-hydrogen) atoms. The molecule has 0 unspecified atom stereocenters. The van der Waals surface area contributed by atoms with Gasteiger partial charge in [0.05, 0.1) is 25.6 Å². The molecule has 0 heterocycles. The van der Waals surface area contributed by atoms with Crippen LogP contribution in [0.1, 0.15) is 5.56 Å². The standard InChI is InChI=1S/C23H21NO2S/c1-25-20-10-8-18(9-11-20)23(24-19-6-4-3-5-7-19)16-17-27-22-14-12-21(26-2)13-15-22/h3-17H,1-2H3. The predicted octanol–water partition coefficient (Wildman–Crippen LogP) is 6.13. The number of hydrogen-bond donors (Lipinski definition) is 0. The van der Waals surface area contributed by atoms with E-state index in [9.17, 15) is 0 Å². The van der Waals surface area contributed by atoms with Crippen LogP contribution in [-0.2, 0) is 0 Å². The maximum Gasteiger partial charge on any atom is 0.118 e. The SMILES string of the molecule is COc1ccc(SC=CC(=Nc2ccccc2)c2ccc(OC)cc2)cc1. The summed E-state index contributed by atoms with van der Waals surface area (Å²) in [6, 6.07) is 25.9. The first-order valence-electron chi connectivity index (χ1n) is 8.54. The van der Waals surface area contributed by atoms with Crippen LogP contribution >= 0.6 is 11.8 Å². The van der Waals surface area contributed by atoms with E-state index in [0.29, 0.717) is 0 Å². The van der Waals surface area contributed by atoms with Gasteiger partial charge >= 0.3 is 0 Å². The highest BCUT2D eigenvalue weighted by Gasteiger charge is 2.02. The molecule has 3 aromatic rings. The second-order valence-corrected chi connectivity index (χ2v) is 6.64. The van der Waals surface area contributed by atoms with Crippen LogP contribution in [0.3, 0.4) is 0 Å². The van der Waals surface area contributed by atoms with Gasteiger partial charge in [0.2, 0.25) is 0 Å². The van der Waals surface area contributed by atoms with E-state index in [0.717, 1.165) is 33.4 Å². The van der Waals surface area contributed by atoms with Crippen molar-refractivity contribution in [3.8, 4) is 11.5 Å². The second kappa shape index (κ2) is 9.64. The van der Waals surface area contributed by atoms with Crippen LogP contribution in [0, 0.1) is 0 Å². The Bertz CT molecular complexity index is 901. The first-order chi connectivity index (χ1) is 13.3.